The molecular weight excluding hydrogens is 255 g/mol. The Morgan fingerprint density at radius 3 is 2.68 bits per heavy atom. The summed E-state index contributed by atoms with van der Waals surface area (Å²) in [5.74, 6) is -1.06. The minimum Gasteiger partial charge on any atom is -0.501 e. The molecule has 2 nitrogen and oxygen atoms in total. The minimum atomic E-state index is -4.05. The van der Waals surface area contributed by atoms with Crippen molar-refractivity contribution in [1.29, 1.82) is 0 Å². The summed E-state index contributed by atoms with van der Waals surface area (Å²) in [6.45, 7) is 0.718. The molecule has 2 aliphatic rings. The number of ether oxygens (including phenoxy) is 1. The van der Waals surface area contributed by atoms with E-state index < -0.39 is 12.1 Å². The molecule has 0 amide bonds. The monoisotopic (exact) mass is 277 g/mol. The molecule has 5 heteroatoms. The number of hydrogen-bond acceptors (Lipinski definition) is 2. The summed E-state index contributed by atoms with van der Waals surface area (Å²) in [7, 11) is 1.83. The van der Waals surface area contributed by atoms with Crippen molar-refractivity contribution in [3.05, 3.63) is 11.8 Å². The third-order valence-electron chi connectivity index (χ3n) is 4.32. The van der Waals surface area contributed by atoms with Crippen LogP contribution in [0.3, 0.4) is 0 Å². The number of likely N-dealkylation sites (N-methyl/N-ethyl adjacent to an activating group) is 1. The lowest BCUT2D eigenvalue weighted by Crippen LogP contribution is -2.41. The van der Waals surface area contributed by atoms with Crippen molar-refractivity contribution in [2.45, 2.75) is 50.7 Å². The molecule has 19 heavy (non-hydrogen) atoms. The zero-order chi connectivity index (χ0) is 13.9. The summed E-state index contributed by atoms with van der Waals surface area (Å²) < 4.78 is 43.9. The van der Waals surface area contributed by atoms with Crippen LogP contribution in [0.4, 0.5) is 13.2 Å². The van der Waals surface area contributed by atoms with Gasteiger partial charge in [-0.15, -0.1) is 0 Å². The Kier molecular flexibility index (Phi) is 4.76. The number of alkyl halides is 3. The van der Waals surface area contributed by atoms with Crippen molar-refractivity contribution in [1.82, 2.24) is 5.32 Å². The summed E-state index contributed by atoms with van der Waals surface area (Å²) >= 11 is 0. The lowest BCUT2D eigenvalue weighted by molar-refractivity contribution is -0.186. The highest BCUT2D eigenvalue weighted by Crippen LogP contribution is 2.42. The van der Waals surface area contributed by atoms with E-state index in [1.165, 1.54) is 0 Å². The average molecular weight is 277 g/mol. The van der Waals surface area contributed by atoms with Crippen LogP contribution in [0, 0.1) is 11.8 Å². The molecule has 1 aliphatic heterocycles. The maximum absolute atomic E-state index is 12.9. The maximum atomic E-state index is 12.9. The summed E-state index contributed by atoms with van der Waals surface area (Å²) in [5.41, 5.74) is 1.13. The fourth-order valence-electron chi connectivity index (χ4n) is 3.36. The van der Waals surface area contributed by atoms with Gasteiger partial charge in [0.1, 0.15) is 0 Å². The first kappa shape index (κ1) is 14.7. The number of hydrogen-bond donors (Lipinski definition) is 1. The molecule has 0 bridgehead atoms. The largest absolute Gasteiger partial charge is 0.501 e. The Hall–Kier alpha value is -0.710. The van der Waals surface area contributed by atoms with Gasteiger partial charge in [-0.05, 0) is 50.6 Å². The Balaban J connectivity index is 2.04. The van der Waals surface area contributed by atoms with Crippen LogP contribution < -0.4 is 5.32 Å². The molecule has 1 saturated carbocycles. The van der Waals surface area contributed by atoms with Crippen LogP contribution in [-0.4, -0.2) is 25.9 Å². The van der Waals surface area contributed by atoms with Gasteiger partial charge < -0.3 is 10.1 Å². The maximum Gasteiger partial charge on any atom is 0.391 e. The smallest absolute Gasteiger partial charge is 0.391 e. The van der Waals surface area contributed by atoms with Gasteiger partial charge in [0.25, 0.3) is 0 Å². The SMILES string of the molecule is CNC(C1=COCCC1)C1CCCC(C(F)(F)F)C1. The van der Waals surface area contributed by atoms with Gasteiger partial charge in [-0.25, -0.2) is 0 Å². The van der Waals surface area contributed by atoms with E-state index in [4.69, 9.17) is 4.74 Å². The zero-order valence-electron chi connectivity index (χ0n) is 11.3. The highest BCUT2D eigenvalue weighted by molar-refractivity contribution is 5.12. The third-order valence-corrected chi connectivity index (χ3v) is 4.32. The Morgan fingerprint density at radius 1 is 1.32 bits per heavy atom. The van der Waals surface area contributed by atoms with Crippen LogP contribution in [0.5, 0.6) is 0 Å². The second-order valence-corrected chi connectivity index (χ2v) is 5.60. The molecule has 1 fully saturated rings. The van der Waals surface area contributed by atoms with E-state index in [0.29, 0.717) is 6.42 Å². The molecule has 0 spiro atoms. The van der Waals surface area contributed by atoms with Crippen molar-refractivity contribution in [2.75, 3.05) is 13.7 Å². The van der Waals surface area contributed by atoms with Gasteiger partial charge in [0, 0.05) is 6.04 Å². The normalized spacial score (nSPS) is 30.4. The van der Waals surface area contributed by atoms with Gasteiger partial charge in [-0.3, -0.25) is 0 Å². The molecule has 0 saturated heterocycles. The summed E-state index contributed by atoms with van der Waals surface area (Å²) in [6, 6.07) is 0.0328. The highest BCUT2D eigenvalue weighted by atomic mass is 19.4. The molecular formula is C14H22F3NO. The van der Waals surface area contributed by atoms with E-state index in [0.717, 1.165) is 31.4 Å². The Morgan fingerprint density at radius 2 is 2.11 bits per heavy atom. The fourth-order valence-corrected chi connectivity index (χ4v) is 3.36. The van der Waals surface area contributed by atoms with Crippen LogP contribution in [0.25, 0.3) is 0 Å². The minimum absolute atomic E-state index is 0.0328. The van der Waals surface area contributed by atoms with Gasteiger partial charge in [-0.1, -0.05) is 6.42 Å². The Bertz CT molecular complexity index is 327. The molecule has 3 atom stereocenters. The van der Waals surface area contributed by atoms with Gasteiger partial charge in [0.2, 0.25) is 0 Å². The first-order valence-electron chi connectivity index (χ1n) is 7.07. The van der Waals surface area contributed by atoms with E-state index in [-0.39, 0.29) is 24.8 Å². The quantitative estimate of drug-likeness (QED) is 0.850. The molecule has 1 heterocycles. The topological polar surface area (TPSA) is 21.3 Å². The van der Waals surface area contributed by atoms with Crippen LogP contribution in [0.2, 0.25) is 0 Å². The van der Waals surface area contributed by atoms with Gasteiger partial charge in [-0.2, -0.15) is 13.2 Å². The van der Waals surface area contributed by atoms with Gasteiger partial charge in [0.15, 0.2) is 0 Å². The highest BCUT2D eigenvalue weighted by Gasteiger charge is 2.43. The lowest BCUT2D eigenvalue weighted by Gasteiger charge is -2.37. The van der Waals surface area contributed by atoms with Crippen molar-refractivity contribution in [3.63, 3.8) is 0 Å². The van der Waals surface area contributed by atoms with Crippen molar-refractivity contribution in [3.8, 4) is 0 Å². The van der Waals surface area contributed by atoms with Crippen LogP contribution >= 0.6 is 0 Å². The predicted octanol–water partition coefficient (Wildman–Crippen LogP) is 3.64. The molecule has 1 aliphatic carbocycles. The Labute approximate surface area is 112 Å². The van der Waals surface area contributed by atoms with E-state index in [2.05, 4.69) is 5.32 Å². The van der Waals surface area contributed by atoms with Gasteiger partial charge in [0.05, 0.1) is 18.8 Å². The van der Waals surface area contributed by atoms with Crippen LogP contribution in [0.15, 0.2) is 11.8 Å². The molecule has 3 unspecified atom stereocenters. The van der Waals surface area contributed by atoms with Crippen molar-refractivity contribution >= 4 is 0 Å². The molecule has 0 aromatic rings. The van der Waals surface area contributed by atoms with Crippen molar-refractivity contribution < 1.29 is 17.9 Å². The summed E-state index contributed by atoms with van der Waals surface area (Å²) in [6.07, 6.45) is 1.66. The van der Waals surface area contributed by atoms with E-state index in [1.54, 1.807) is 6.26 Å². The fraction of sp³-hybridized carbons (Fsp3) is 0.857. The lowest BCUT2D eigenvalue weighted by atomic mass is 9.75. The number of halogens is 3. The molecule has 0 aromatic carbocycles. The number of rotatable bonds is 3. The first-order valence-corrected chi connectivity index (χ1v) is 7.07. The molecule has 110 valence electrons. The van der Waals surface area contributed by atoms with E-state index in [9.17, 15) is 13.2 Å². The van der Waals surface area contributed by atoms with Crippen LogP contribution in [-0.2, 0) is 4.74 Å². The van der Waals surface area contributed by atoms with E-state index >= 15 is 0 Å². The predicted molar refractivity (Wildman–Crippen MR) is 67.6 cm³/mol. The standard InChI is InChI=1S/C14H22F3NO/c1-18-13(11-5-3-7-19-9-11)10-4-2-6-12(8-10)14(15,16)17/h9-10,12-13,18H,2-8H2,1H3. The second kappa shape index (κ2) is 6.16. The molecule has 2 rings (SSSR count). The average Bonchev–Trinajstić information content (AvgIpc) is 2.40. The van der Waals surface area contributed by atoms with Crippen LogP contribution in [0.1, 0.15) is 38.5 Å². The van der Waals surface area contributed by atoms with E-state index in [1.807, 2.05) is 7.05 Å². The first-order chi connectivity index (χ1) is 9.02. The molecule has 0 radical (unpaired) electrons. The van der Waals surface area contributed by atoms with Gasteiger partial charge >= 0.3 is 6.18 Å². The summed E-state index contributed by atoms with van der Waals surface area (Å²) in [4.78, 5) is 0. The number of nitrogens with one attached hydrogen (secondary N) is 1. The zero-order valence-corrected chi connectivity index (χ0v) is 11.3. The molecule has 0 aromatic heterocycles. The second-order valence-electron chi connectivity index (χ2n) is 5.60. The third kappa shape index (κ3) is 3.65. The van der Waals surface area contributed by atoms with Crippen molar-refractivity contribution in [2.24, 2.45) is 11.8 Å². The summed E-state index contributed by atoms with van der Waals surface area (Å²) in [5, 5.41) is 3.20. The molecule has 1 N–H and O–H groups in total.